The molecule has 108 valence electrons. The number of nitrogens with zero attached hydrogens (tertiary/aromatic N) is 1. The quantitative estimate of drug-likeness (QED) is 0.882. The van der Waals surface area contributed by atoms with Crippen molar-refractivity contribution in [3.63, 3.8) is 0 Å². The Morgan fingerprint density at radius 2 is 2.10 bits per heavy atom. The molecule has 1 aromatic carbocycles. The summed E-state index contributed by atoms with van der Waals surface area (Å²) in [6.07, 6.45) is 0. The number of hydrogen-bond acceptors (Lipinski definition) is 3. The number of ether oxygens (including phenoxy) is 1. The fourth-order valence-corrected chi connectivity index (χ4v) is 2.06. The minimum atomic E-state index is -1.04. The van der Waals surface area contributed by atoms with Crippen LogP contribution in [0.25, 0.3) is 0 Å². The first-order chi connectivity index (χ1) is 9.36. The van der Waals surface area contributed by atoms with Gasteiger partial charge in [0, 0.05) is 6.04 Å². The molecule has 1 saturated heterocycles. The summed E-state index contributed by atoms with van der Waals surface area (Å²) in [5.41, 5.74) is -0.525. The van der Waals surface area contributed by atoms with E-state index in [0.29, 0.717) is 11.5 Å². The number of carbonyl (C=O) groups is 1. The first-order valence-corrected chi connectivity index (χ1v) is 6.38. The molecule has 1 aliphatic heterocycles. The largest absolute Gasteiger partial charge is 0.494 e. The van der Waals surface area contributed by atoms with E-state index in [-0.39, 0.29) is 17.7 Å². The summed E-state index contributed by atoms with van der Waals surface area (Å²) >= 11 is 0. The van der Waals surface area contributed by atoms with Crippen LogP contribution in [0.4, 0.5) is 4.39 Å². The lowest BCUT2D eigenvalue weighted by Crippen LogP contribution is -2.40. The molecule has 1 unspecified atom stereocenters. The summed E-state index contributed by atoms with van der Waals surface area (Å²) in [6.45, 7) is 5.50. The van der Waals surface area contributed by atoms with E-state index < -0.39 is 11.4 Å². The number of rotatable bonds is 3. The number of aliphatic imine (C=N–C) groups is 1. The number of methoxy groups -OCH3 is 1. The van der Waals surface area contributed by atoms with Gasteiger partial charge < -0.3 is 10.1 Å². The highest BCUT2D eigenvalue weighted by molar-refractivity contribution is 6.09. The number of amides is 1. The second-order valence-corrected chi connectivity index (χ2v) is 5.12. The molecule has 5 nitrogen and oxygen atoms in total. The molecule has 0 bridgehead atoms. The van der Waals surface area contributed by atoms with Gasteiger partial charge in [0.15, 0.2) is 17.5 Å². The summed E-state index contributed by atoms with van der Waals surface area (Å²) in [4.78, 5) is 16.4. The fourth-order valence-electron chi connectivity index (χ4n) is 2.06. The van der Waals surface area contributed by atoms with Gasteiger partial charge in [-0.1, -0.05) is 6.07 Å². The lowest BCUT2D eigenvalue weighted by molar-refractivity contribution is -0.123. The summed E-state index contributed by atoms with van der Waals surface area (Å²) < 4.78 is 18.7. The van der Waals surface area contributed by atoms with Crippen molar-refractivity contribution in [2.75, 3.05) is 7.11 Å². The highest BCUT2D eigenvalue weighted by Gasteiger charge is 2.42. The van der Waals surface area contributed by atoms with Gasteiger partial charge in [0.2, 0.25) is 0 Å². The van der Waals surface area contributed by atoms with Gasteiger partial charge in [0.1, 0.15) is 5.54 Å². The van der Waals surface area contributed by atoms with Crippen molar-refractivity contribution >= 4 is 11.9 Å². The molecular weight excluding hydrogens is 261 g/mol. The standard InChI is InChI=1S/C14H18FN3O2/c1-8(2)16-13-17-12(19)14(3,18-13)9-5-6-11(20-4)10(15)7-9/h5-8H,1-4H3,(H2,16,17,18,19). The molecule has 20 heavy (non-hydrogen) atoms. The number of guanidine groups is 1. The number of hydrogen-bond donors (Lipinski definition) is 2. The molecule has 1 aliphatic rings. The van der Waals surface area contributed by atoms with Crippen molar-refractivity contribution in [3.05, 3.63) is 29.6 Å². The third-order valence-corrected chi connectivity index (χ3v) is 3.17. The molecule has 1 aromatic rings. The second kappa shape index (κ2) is 5.11. The van der Waals surface area contributed by atoms with Crippen molar-refractivity contribution in [3.8, 4) is 5.75 Å². The predicted molar refractivity (Wildman–Crippen MR) is 74.2 cm³/mol. The van der Waals surface area contributed by atoms with Crippen LogP contribution in [-0.2, 0) is 10.3 Å². The number of benzene rings is 1. The molecular formula is C14H18FN3O2. The van der Waals surface area contributed by atoms with Gasteiger partial charge in [-0.15, -0.1) is 0 Å². The number of nitrogens with one attached hydrogen (secondary N) is 2. The molecule has 1 fully saturated rings. The van der Waals surface area contributed by atoms with Crippen molar-refractivity contribution in [1.29, 1.82) is 0 Å². The lowest BCUT2D eigenvalue weighted by atomic mass is 9.92. The average Bonchev–Trinajstić information content (AvgIpc) is 2.64. The van der Waals surface area contributed by atoms with Crippen LogP contribution in [0, 0.1) is 5.82 Å². The minimum Gasteiger partial charge on any atom is -0.494 e. The Bertz CT molecular complexity index is 572. The Kier molecular flexibility index (Phi) is 3.65. The highest BCUT2D eigenvalue weighted by Crippen LogP contribution is 2.28. The number of carbonyl (C=O) groups excluding carboxylic acids is 1. The van der Waals surface area contributed by atoms with E-state index in [1.54, 1.807) is 13.0 Å². The third-order valence-electron chi connectivity index (χ3n) is 3.17. The van der Waals surface area contributed by atoms with Crippen molar-refractivity contribution in [2.45, 2.75) is 32.4 Å². The molecule has 1 atom stereocenters. The number of halogens is 1. The zero-order valence-corrected chi connectivity index (χ0v) is 12.0. The van der Waals surface area contributed by atoms with Crippen LogP contribution in [0.2, 0.25) is 0 Å². The van der Waals surface area contributed by atoms with E-state index in [2.05, 4.69) is 15.6 Å². The molecule has 0 spiro atoms. The van der Waals surface area contributed by atoms with Crippen LogP contribution < -0.4 is 15.4 Å². The maximum Gasteiger partial charge on any atom is 0.256 e. The molecule has 0 aromatic heterocycles. The van der Waals surface area contributed by atoms with Gasteiger partial charge in [-0.2, -0.15) is 0 Å². The Morgan fingerprint density at radius 3 is 2.65 bits per heavy atom. The zero-order chi connectivity index (χ0) is 14.9. The van der Waals surface area contributed by atoms with E-state index in [9.17, 15) is 9.18 Å². The average molecular weight is 279 g/mol. The Morgan fingerprint density at radius 1 is 1.40 bits per heavy atom. The molecule has 0 aliphatic carbocycles. The monoisotopic (exact) mass is 279 g/mol. The molecule has 1 amide bonds. The fraction of sp³-hybridized carbons (Fsp3) is 0.429. The van der Waals surface area contributed by atoms with E-state index in [1.807, 2.05) is 13.8 Å². The summed E-state index contributed by atoms with van der Waals surface area (Å²) in [5, 5.41) is 5.68. The van der Waals surface area contributed by atoms with Crippen molar-refractivity contribution in [2.24, 2.45) is 4.99 Å². The van der Waals surface area contributed by atoms with Crippen LogP contribution >= 0.6 is 0 Å². The van der Waals surface area contributed by atoms with Gasteiger partial charge in [-0.3, -0.25) is 15.1 Å². The third kappa shape index (κ3) is 2.45. The molecule has 1 heterocycles. The van der Waals surface area contributed by atoms with E-state index in [4.69, 9.17) is 4.74 Å². The van der Waals surface area contributed by atoms with Gasteiger partial charge in [0.05, 0.1) is 7.11 Å². The summed E-state index contributed by atoms with van der Waals surface area (Å²) in [5.74, 6) is -0.216. The highest BCUT2D eigenvalue weighted by atomic mass is 19.1. The molecule has 0 saturated carbocycles. The van der Waals surface area contributed by atoms with Gasteiger partial charge >= 0.3 is 0 Å². The maximum absolute atomic E-state index is 13.8. The summed E-state index contributed by atoms with van der Waals surface area (Å²) in [7, 11) is 1.40. The predicted octanol–water partition coefficient (Wildman–Crippen LogP) is 1.53. The molecule has 2 N–H and O–H groups in total. The minimum absolute atomic E-state index is 0.0488. The Balaban J connectivity index is 2.36. The van der Waals surface area contributed by atoms with E-state index >= 15 is 0 Å². The Labute approximate surface area is 117 Å². The maximum atomic E-state index is 13.8. The first-order valence-electron chi connectivity index (χ1n) is 6.38. The van der Waals surface area contributed by atoms with Crippen LogP contribution in [-0.4, -0.2) is 25.0 Å². The second-order valence-electron chi connectivity index (χ2n) is 5.12. The lowest BCUT2D eigenvalue weighted by Gasteiger charge is -2.22. The smallest absolute Gasteiger partial charge is 0.256 e. The van der Waals surface area contributed by atoms with Gasteiger partial charge in [-0.05, 0) is 38.5 Å². The molecule has 6 heteroatoms. The van der Waals surface area contributed by atoms with E-state index in [0.717, 1.165) is 0 Å². The van der Waals surface area contributed by atoms with Gasteiger partial charge in [-0.25, -0.2) is 4.39 Å². The van der Waals surface area contributed by atoms with Crippen molar-refractivity contribution < 1.29 is 13.9 Å². The summed E-state index contributed by atoms with van der Waals surface area (Å²) in [6, 6.07) is 4.51. The van der Waals surface area contributed by atoms with Crippen molar-refractivity contribution in [1.82, 2.24) is 10.6 Å². The topological polar surface area (TPSA) is 62.7 Å². The van der Waals surface area contributed by atoms with Crippen LogP contribution in [0.1, 0.15) is 26.3 Å². The first kappa shape index (κ1) is 14.3. The Hall–Kier alpha value is -2.11. The van der Waals surface area contributed by atoms with Crippen LogP contribution in [0.3, 0.4) is 0 Å². The van der Waals surface area contributed by atoms with E-state index in [1.165, 1.54) is 19.2 Å². The van der Waals surface area contributed by atoms with Crippen LogP contribution in [0.15, 0.2) is 23.2 Å². The SMILES string of the molecule is COc1ccc(C2(C)NC(=NC(C)C)NC2=O)cc1F. The normalized spacial score (nSPS) is 23.9. The van der Waals surface area contributed by atoms with Crippen LogP contribution in [0.5, 0.6) is 5.75 Å². The zero-order valence-electron chi connectivity index (χ0n) is 12.0. The van der Waals surface area contributed by atoms with Gasteiger partial charge in [0.25, 0.3) is 5.91 Å². The molecule has 2 rings (SSSR count). The molecule has 0 radical (unpaired) electrons.